The van der Waals surface area contributed by atoms with Crippen molar-refractivity contribution in [2.24, 2.45) is 0 Å². The van der Waals surface area contributed by atoms with Crippen molar-refractivity contribution in [3.05, 3.63) is 29.8 Å². The van der Waals surface area contributed by atoms with E-state index in [1.54, 1.807) is 0 Å². The standard InChI is InChI=1S/C12H17BrO/c1-10(2)11-5-3-6-12(9-11)14-8-4-7-13/h3,5-6,9-10H,4,7-8H2,1-2H3. The van der Waals surface area contributed by atoms with E-state index in [9.17, 15) is 0 Å². The molecule has 78 valence electrons. The predicted molar refractivity (Wildman–Crippen MR) is 64.4 cm³/mol. The van der Waals surface area contributed by atoms with Crippen molar-refractivity contribution in [2.45, 2.75) is 26.2 Å². The van der Waals surface area contributed by atoms with Gasteiger partial charge in [0.25, 0.3) is 0 Å². The summed E-state index contributed by atoms with van der Waals surface area (Å²) >= 11 is 3.38. The third-order valence-corrected chi connectivity index (χ3v) is 2.63. The molecule has 0 heterocycles. The van der Waals surface area contributed by atoms with Gasteiger partial charge in [-0.3, -0.25) is 0 Å². The third kappa shape index (κ3) is 3.70. The van der Waals surface area contributed by atoms with Crippen LogP contribution in [0.4, 0.5) is 0 Å². The molecular weight excluding hydrogens is 240 g/mol. The number of hydrogen-bond donors (Lipinski definition) is 0. The maximum atomic E-state index is 5.61. The third-order valence-electron chi connectivity index (χ3n) is 2.07. The highest BCUT2D eigenvalue weighted by molar-refractivity contribution is 9.09. The molecule has 0 radical (unpaired) electrons. The van der Waals surface area contributed by atoms with Gasteiger partial charge >= 0.3 is 0 Å². The molecule has 1 aromatic rings. The van der Waals surface area contributed by atoms with Crippen LogP contribution < -0.4 is 4.74 Å². The van der Waals surface area contributed by atoms with Crippen LogP contribution in [0.15, 0.2) is 24.3 Å². The van der Waals surface area contributed by atoms with E-state index >= 15 is 0 Å². The Kier molecular flexibility index (Phi) is 5.02. The zero-order valence-corrected chi connectivity index (χ0v) is 10.4. The number of ether oxygens (including phenoxy) is 1. The van der Waals surface area contributed by atoms with E-state index in [-0.39, 0.29) is 0 Å². The Morgan fingerprint density at radius 2 is 2.14 bits per heavy atom. The summed E-state index contributed by atoms with van der Waals surface area (Å²) in [6.45, 7) is 5.17. The van der Waals surface area contributed by atoms with Crippen LogP contribution in [0.2, 0.25) is 0 Å². The summed E-state index contributed by atoms with van der Waals surface area (Å²) in [4.78, 5) is 0. The highest BCUT2D eigenvalue weighted by atomic mass is 79.9. The molecule has 14 heavy (non-hydrogen) atoms. The first kappa shape index (κ1) is 11.6. The van der Waals surface area contributed by atoms with Crippen molar-refractivity contribution in [1.82, 2.24) is 0 Å². The molecule has 0 bridgehead atoms. The molecular formula is C12H17BrO. The quantitative estimate of drug-likeness (QED) is 0.572. The lowest BCUT2D eigenvalue weighted by molar-refractivity contribution is 0.318. The fourth-order valence-electron chi connectivity index (χ4n) is 1.21. The van der Waals surface area contributed by atoms with Crippen LogP contribution in [-0.2, 0) is 0 Å². The molecule has 0 N–H and O–H groups in total. The number of hydrogen-bond acceptors (Lipinski definition) is 1. The topological polar surface area (TPSA) is 9.23 Å². The zero-order chi connectivity index (χ0) is 10.4. The smallest absolute Gasteiger partial charge is 0.119 e. The number of halogens is 1. The fourth-order valence-corrected chi connectivity index (χ4v) is 1.44. The van der Waals surface area contributed by atoms with Crippen molar-refractivity contribution in [3.63, 3.8) is 0 Å². The van der Waals surface area contributed by atoms with E-state index in [4.69, 9.17) is 4.74 Å². The molecule has 1 nitrogen and oxygen atoms in total. The highest BCUT2D eigenvalue weighted by Gasteiger charge is 2.00. The number of alkyl halides is 1. The molecule has 0 aromatic heterocycles. The van der Waals surface area contributed by atoms with Crippen LogP contribution in [0, 0.1) is 0 Å². The Morgan fingerprint density at radius 3 is 2.79 bits per heavy atom. The van der Waals surface area contributed by atoms with Gasteiger partial charge in [-0.2, -0.15) is 0 Å². The van der Waals surface area contributed by atoms with Gasteiger partial charge in [0.2, 0.25) is 0 Å². The normalized spacial score (nSPS) is 10.6. The zero-order valence-electron chi connectivity index (χ0n) is 8.79. The summed E-state index contributed by atoms with van der Waals surface area (Å²) < 4.78 is 5.61. The summed E-state index contributed by atoms with van der Waals surface area (Å²) in [6, 6.07) is 8.33. The summed E-state index contributed by atoms with van der Waals surface area (Å²) in [5.41, 5.74) is 1.33. The van der Waals surface area contributed by atoms with Gasteiger partial charge in [0.15, 0.2) is 0 Å². The second kappa shape index (κ2) is 6.07. The lowest BCUT2D eigenvalue weighted by atomic mass is 10.0. The summed E-state index contributed by atoms with van der Waals surface area (Å²) in [5.74, 6) is 1.55. The maximum Gasteiger partial charge on any atom is 0.119 e. The lowest BCUT2D eigenvalue weighted by Gasteiger charge is -2.09. The first-order valence-corrected chi connectivity index (χ1v) is 6.15. The molecule has 0 aliphatic heterocycles. The van der Waals surface area contributed by atoms with Crippen LogP contribution in [0.25, 0.3) is 0 Å². The molecule has 0 fully saturated rings. The van der Waals surface area contributed by atoms with E-state index in [1.807, 2.05) is 6.07 Å². The van der Waals surface area contributed by atoms with Gasteiger partial charge in [-0.15, -0.1) is 0 Å². The predicted octanol–water partition coefficient (Wildman–Crippen LogP) is 3.97. The molecule has 1 rings (SSSR count). The van der Waals surface area contributed by atoms with Crippen LogP contribution in [0.5, 0.6) is 5.75 Å². The first-order valence-electron chi connectivity index (χ1n) is 5.02. The Balaban J connectivity index is 2.55. The summed E-state index contributed by atoms with van der Waals surface area (Å²) in [6.07, 6.45) is 1.05. The molecule has 0 atom stereocenters. The molecule has 0 aliphatic rings. The molecule has 2 heteroatoms. The minimum atomic E-state index is 0.565. The van der Waals surface area contributed by atoms with E-state index < -0.39 is 0 Å². The van der Waals surface area contributed by atoms with Crippen LogP contribution in [0.1, 0.15) is 31.7 Å². The average molecular weight is 257 g/mol. The van der Waals surface area contributed by atoms with Crippen LogP contribution >= 0.6 is 15.9 Å². The Hall–Kier alpha value is -0.500. The van der Waals surface area contributed by atoms with Crippen molar-refractivity contribution < 1.29 is 4.74 Å². The van der Waals surface area contributed by atoms with Crippen molar-refractivity contribution in [2.75, 3.05) is 11.9 Å². The lowest BCUT2D eigenvalue weighted by Crippen LogP contribution is -1.98. The Morgan fingerprint density at radius 1 is 1.36 bits per heavy atom. The number of benzene rings is 1. The van der Waals surface area contributed by atoms with E-state index in [0.29, 0.717) is 5.92 Å². The van der Waals surface area contributed by atoms with E-state index in [0.717, 1.165) is 24.1 Å². The van der Waals surface area contributed by atoms with Crippen molar-refractivity contribution >= 4 is 15.9 Å². The van der Waals surface area contributed by atoms with Gasteiger partial charge in [0.05, 0.1) is 6.61 Å². The molecule has 0 aliphatic carbocycles. The second-order valence-electron chi connectivity index (χ2n) is 3.62. The Bertz CT molecular complexity index is 271. The van der Waals surface area contributed by atoms with E-state index in [2.05, 4.69) is 48.0 Å². The fraction of sp³-hybridized carbons (Fsp3) is 0.500. The second-order valence-corrected chi connectivity index (χ2v) is 4.41. The van der Waals surface area contributed by atoms with Crippen molar-refractivity contribution in [1.29, 1.82) is 0 Å². The van der Waals surface area contributed by atoms with Gasteiger partial charge < -0.3 is 4.74 Å². The van der Waals surface area contributed by atoms with Crippen LogP contribution in [0.3, 0.4) is 0 Å². The molecule has 1 aromatic carbocycles. The SMILES string of the molecule is CC(C)c1cccc(OCCCBr)c1. The van der Waals surface area contributed by atoms with Gasteiger partial charge in [-0.25, -0.2) is 0 Å². The summed E-state index contributed by atoms with van der Waals surface area (Å²) in [7, 11) is 0. The molecule has 0 saturated heterocycles. The largest absolute Gasteiger partial charge is 0.494 e. The van der Waals surface area contributed by atoms with Gasteiger partial charge in [0.1, 0.15) is 5.75 Å². The minimum Gasteiger partial charge on any atom is -0.494 e. The maximum absolute atomic E-state index is 5.61. The molecule has 0 unspecified atom stereocenters. The van der Waals surface area contributed by atoms with Crippen molar-refractivity contribution in [3.8, 4) is 5.75 Å². The molecule has 0 saturated carbocycles. The van der Waals surface area contributed by atoms with Gasteiger partial charge in [-0.05, 0) is 30.0 Å². The van der Waals surface area contributed by atoms with E-state index in [1.165, 1.54) is 5.56 Å². The number of rotatable bonds is 5. The van der Waals surface area contributed by atoms with Crippen LogP contribution in [-0.4, -0.2) is 11.9 Å². The molecule has 0 spiro atoms. The first-order chi connectivity index (χ1) is 6.74. The monoisotopic (exact) mass is 256 g/mol. The highest BCUT2D eigenvalue weighted by Crippen LogP contribution is 2.20. The van der Waals surface area contributed by atoms with Gasteiger partial charge in [0, 0.05) is 5.33 Å². The summed E-state index contributed by atoms with van der Waals surface area (Å²) in [5, 5.41) is 0.997. The van der Waals surface area contributed by atoms with Gasteiger partial charge in [-0.1, -0.05) is 41.9 Å². The average Bonchev–Trinajstić information content (AvgIpc) is 2.19. The Labute approximate surface area is 94.6 Å². The molecule has 0 amide bonds. The minimum absolute atomic E-state index is 0.565.